The molecule has 2 rings (SSSR count). The monoisotopic (exact) mass is 287 g/mol. The number of allylic oxidation sites excluding steroid dienone is 2. The van der Waals surface area contributed by atoms with Crippen LogP contribution in [0.3, 0.4) is 0 Å². The van der Waals surface area contributed by atoms with E-state index < -0.39 is 0 Å². The van der Waals surface area contributed by atoms with Crippen LogP contribution >= 0.6 is 0 Å². The Labute approximate surface area is 125 Å². The lowest BCUT2D eigenvalue weighted by Crippen LogP contribution is -2.26. The Kier molecular flexibility index (Phi) is 4.56. The summed E-state index contributed by atoms with van der Waals surface area (Å²) in [5.41, 5.74) is 1.98. The van der Waals surface area contributed by atoms with Crippen molar-refractivity contribution in [3.05, 3.63) is 40.4 Å². The van der Waals surface area contributed by atoms with E-state index in [2.05, 4.69) is 11.9 Å². The van der Waals surface area contributed by atoms with E-state index in [1.807, 2.05) is 19.9 Å². The van der Waals surface area contributed by atoms with Gasteiger partial charge in [0.1, 0.15) is 5.69 Å². The summed E-state index contributed by atoms with van der Waals surface area (Å²) in [6.45, 7) is 7.41. The minimum absolute atomic E-state index is 0.139. The zero-order chi connectivity index (χ0) is 15.6. The lowest BCUT2D eigenvalue weighted by atomic mass is 9.87. The Morgan fingerprint density at radius 2 is 1.95 bits per heavy atom. The van der Waals surface area contributed by atoms with Gasteiger partial charge < -0.3 is 4.74 Å². The zero-order valence-electron chi connectivity index (χ0n) is 13.0. The highest BCUT2D eigenvalue weighted by atomic mass is 16.5. The van der Waals surface area contributed by atoms with Gasteiger partial charge in [-0.25, -0.2) is 0 Å². The number of carbonyl (C=O) groups is 2. The van der Waals surface area contributed by atoms with Gasteiger partial charge in [-0.2, -0.15) is 0 Å². The van der Waals surface area contributed by atoms with E-state index in [1.165, 1.54) is 0 Å². The first-order valence-electron chi connectivity index (χ1n) is 7.42. The fourth-order valence-electron chi connectivity index (χ4n) is 2.45. The van der Waals surface area contributed by atoms with Crippen molar-refractivity contribution in [1.82, 2.24) is 4.98 Å². The molecule has 0 fully saturated rings. The number of hydrogen-bond acceptors (Lipinski definition) is 4. The summed E-state index contributed by atoms with van der Waals surface area (Å²) >= 11 is 0. The molecule has 4 heteroatoms. The Morgan fingerprint density at radius 1 is 1.24 bits per heavy atom. The number of unbranched alkanes of at least 4 members (excludes halogenated alkanes) is 1. The highest BCUT2D eigenvalue weighted by molar-refractivity contribution is 6.25. The van der Waals surface area contributed by atoms with Gasteiger partial charge >= 0.3 is 0 Å². The Hall–Kier alpha value is -1.97. The molecule has 112 valence electrons. The minimum Gasteiger partial charge on any atom is -0.486 e. The molecule has 1 aliphatic rings. The van der Waals surface area contributed by atoms with E-state index in [0.29, 0.717) is 11.1 Å². The van der Waals surface area contributed by atoms with Crippen LogP contribution < -0.4 is 0 Å². The summed E-state index contributed by atoms with van der Waals surface area (Å²) < 4.78 is 5.53. The van der Waals surface area contributed by atoms with Crippen LogP contribution in [0, 0.1) is 0 Å². The van der Waals surface area contributed by atoms with Crippen molar-refractivity contribution in [3.63, 3.8) is 0 Å². The maximum Gasteiger partial charge on any atom is 0.247 e. The number of aromatic nitrogens is 1. The van der Waals surface area contributed by atoms with Crippen LogP contribution in [0.4, 0.5) is 0 Å². The van der Waals surface area contributed by atoms with Gasteiger partial charge in [0.05, 0.1) is 11.7 Å². The molecule has 1 aromatic rings. The standard InChI is InChI=1S/C17H21NO3/c1-5-6-7-12-8-9-18-14-13(12)15(19)11(4)17(16(14)20)21-10(2)3/h8-10H,5-7H2,1-4H3. The van der Waals surface area contributed by atoms with Crippen molar-refractivity contribution < 1.29 is 14.3 Å². The topological polar surface area (TPSA) is 56.3 Å². The normalized spacial score (nSPS) is 14.7. The third-order valence-electron chi connectivity index (χ3n) is 3.52. The number of ether oxygens (including phenoxy) is 1. The summed E-state index contributed by atoms with van der Waals surface area (Å²) in [5.74, 6) is -0.281. The van der Waals surface area contributed by atoms with Crippen LogP contribution in [0.15, 0.2) is 23.6 Å². The van der Waals surface area contributed by atoms with E-state index in [9.17, 15) is 9.59 Å². The van der Waals surface area contributed by atoms with Gasteiger partial charge in [-0.1, -0.05) is 13.3 Å². The number of fused-ring (bicyclic) bond motifs is 1. The molecule has 0 N–H and O–H groups in total. The number of hydrogen-bond donors (Lipinski definition) is 0. The van der Waals surface area contributed by atoms with E-state index in [4.69, 9.17) is 4.74 Å². The van der Waals surface area contributed by atoms with E-state index >= 15 is 0 Å². The number of rotatable bonds is 5. The summed E-state index contributed by atoms with van der Waals surface area (Å²) in [5, 5.41) is 0. The number of ketones is 2. The smallest absolute Gasteiger partial charge is 0.247 e. The molecule has 21 heavy (non-hydrogen) atoms. The van der Waals surface area contributed by atoms with E-state index in [0.717, 1.165) is 24.8 Å². The quantitative estimate of drug-likeness (QED) is 0.831. The second kappa shape index (κ2) is 6.20. The SMILES string of the molecule is CCCCc1ccnc2c1C(=O)C(C)=C(OC(C)C)C2=O. The molecule has 0 saturated carbocycles. The lowest BCUT2D eigenvalue weighted by Gasteiger charge is -2.22. The maximum absolute atomic E-state index is 12.6. The van der Waals surface area contributed by atoms with Gasteiger partial charge in [0, 0.05) is 11.8 Å². The fraction of sp³-hybridized carbons (Fsp3) is 0.471. The fourth-order valence-corrected chi connectivity index (χ4v) is 2.45. The lowest BCUT2D eigenvalue weighted by molar-refractivity contribution is 0.0792. The first-order chi connectivity index (χ1) is 9.97. The van der Waals surface area contributed by atoms with Crippen molar-refractivity contribution in [2.24, 2.45) is 0 Å². The maximum atomic E-state index is 12.6. The molecule has 0 aromatic carbocycles. The van der Waals surface area contributed by atoms with Crippen molar-refractivity contribution in [3.8, 4) is 0 Å². The number of pyridine rings is 1. The number of nitrogens with zero attached hydrogens (tertiary/aromatic N) is 1. The molecule has 0 saturated heterocycles. The molecular weight excluding hydrogens is 266 g/mol. The van der Waals surface area contributed by atoms with Crippen molar-refractivity contribution in [2.75, 3.05) is 0 Å². The summed E-state index contributed by atoms with van der Waals surface area (Å²) in [6, 6.07) is 1.83. The second-order valence-electron chi connectivity index (χ2n) is 5.58. The van der Waals surface area contributed by atoms with Gasteiger partial charge in [-0.05, 0) is 45.2 Å². The Morgan fingerprint density at radius 3 is 2.57 bits per heavy atom. The Balaban J connectivity index is 2.50. The summed E-state index contributed by atoms with van der Waals surface area (Å²) in [4.78, 5) is 29.3. The van der Waals surface area contributed by atoms with Crippen molar-refractivity contribution in [2.45, 2.75) is 53.1 Å². The van der Waals surface area contributed by atoms with Crippen LogP contribution in [-0.2, 0) is 11.2 Å². The first-order valence-corrected chi connectivity index (χ1v) is 7.42. The summed E-state index contributed by atoms with van der Waals surface area (Å²) in [6.07, 6.45) is 4.25. The van der Waals surface area contributed by atoms with Crippen molar-refractivity contribution in [1.29, 1.82) is 0 Å². The molecule has 0 unspecified atom stereocenters. The van der Waals surface area contributed by atoms with Crippen LogP contribution in [0.1, 0.15) is 66.9 Å². The molecule has 0 spiro atoms. The predicted molar refractivity (Wildman–Crippen MR) is 80.4 cm³/mol. The predicted octanol–water partition coefficient (Wildman–Crippen LogP) is 3.50. The number of carbonyl (C=O) groups excluding carboxylic acids is 2. The third-order valence-corrected chi connectivity index (χ3v) is 3.52. The molecule has 0 atom stereocenters. The van der Waals surface area contributed by atoms with Crippen molar-refractivity contribution >= 4 is 11.6 Å². The molecule has 0 radical (unpaired) electrons. The highest BCUT2D eigenvalue weighted by Gasteiger charge is 2.34. The van der Waals surface area contributed by atoms with Crippen LogP contribution in [0.2, 0.25) is 0 Å². The highest BCUT2D eigenvalue weighted by Crippen LogP contribution is 2.29. The van der Waals surface area contributed by atoms with Crippen LogP contribution in [0.5, 0.6) is 0 Å². The van der Waals surface area contributed by atoms with Crippen LogP contribution in [0.25, 0.3) is 0 Å². The molecule has 0 bridgehead atoms. The number of Topliss-reactive ketones (excluding diaryl/α,β-unsaturated/α-hetero) is 2. The minimum atomic E-state index is -0.283. The van der Waals surface area contributed by atoms with Gasteiger partial charge in [0.25, 0.3) is 0 Å². The second-order valence-corrected chi connectivity index (χ2v) is 5.58. The molecule has 4 nitrogen and oxygen atoms in total. The van der Waals surface area contributed by atoms with E-state index in [1.54, 1.807) is 13.1 Å². The van der Waals surface area contributed by atoms with Crippen LogP contribution in [-0.4, -0.2) is 22.7 Å². The van der Waals surface area contributed by atoms with Gasteiger partial charge in [0.2, 0.25) is 5.78 Å². The first kappa shape index (κ1) is 15.4. The van der Waals surface area contributed by atoms with Gasteiger partial charge in [0.15, 0.2) is 11.5 Å². The molecule has 1 aliphatic carbocycles. The largest absolute Gasteiger partial charge is 0.486 e. The summed E-state index contributed by atoms with van der Waals surface area (Å²) in [7, 11) is 0. The molecule has 0 amide bonds. The third kappa shape index (κ3) is 2.89. The molecule has 1 aromatic heterocycles. The molecule has 1 heterocycles. The Bertz CT molecular complexity index is 614. The van der Waals surface area contributed by atoms with Gasteiger partial charge in [-0.3, -0.25) is 14.6 Å². The average molecular weight is 287 g/mol. The molecule has 0 aliphatic heterocycles. The van der Waals surface area contributed by atoms with E-state index in [-0.39, 0.29) is 29.1 Å². The molecular formula is C17H21NO3. The van der Waals surface area contributed by atoms with Gasteiger partial charge in [-0.15, -0.1) is 0 Å². The number of aryl methyl sites for hydroxylation is 1. The zero-order valence-corrected chi connectivity index (χ0v) is 13.0. The average Bonchev–Trinajstić information content (AvgIpc) is 2.46.